The molecule has 5 nitrogen and oxygen atoms in total. The Bertz CT molecular complexity index is 750. The number of alkyl halides is 3. The van der Waals surface area contributed by atoms with E-state index in [-0.39, 0.29) is 12.1 Å². The number of nitrogens with zero attached hydrogens (tertiary/aromatic N) is 3. The van der Waals surface area contributed by atoms with E-state index in [4.69, 9.17) is 0 Å². The first kappa shape index (κ1) is 19.8. The summed E-state index contributed by atoms with van der Waals surface area (Å²) in [5.74, 6) is 0.468. The fourth-order valence-corrected chi connectivity index (χ4v) is 2.65. The van der Waals surface area contributed by atoms with E-state index in [1.54, 1.807) is 0 Å². The lowest BCUT2D eigenvalue weighted by Crippen LogP contribution is -2.37. The number of guanidine groups is 1. The second-order valence-electron chi connectivity index (χ2n) is 5.85. The molecule has 0 saturated carbocycles. The highest BCUT2D eigenvalue weighted by Gasteiger charge is 2.36. The molecular formula is C18H24F3N5. The number of rotatable bonds is 6. The Hall–Kier alpha value is -2.51. The summed E-state index contributed by atoms with van der Waals surface area (Å²) in [6.07, 6.45) is -2.23. The van der Waals surface area contributed by atoms with Gasteiger partial charge in [0.1, 0.15) is 0 Å². The SMILES string of the molecule is CCNC(=NCc1cn(C)nc1C(F)(F)F)NCc1ccccc1CC. The molecular weight excluding hydrogens is 343 g/mol. The third-order valence-electron chi connectivity index (χ3n) is 3.87. The van der Waals surface area contributed by atoms with E-state index in [1.807, 2.05) is 25.1 Å². The van der Waals surface area contributed by atoms with Crippen molar-refractivity contribution >= 4 is 5.96 Å². The van der Waals surface area contributed by atoms with Crippen molar-refractivity contribution in [1.82, 2.24) is 20.4 Å². The Morgan fingerprint density at radius 1 is 1.12 bits per heavy atom. The summed E-state index contributed by atoms with van der Waals surface area (Å²) in [5, 5.41) is 9.74. The predicted molar refractivity (Wildman–Crippen MR) is 95.7 cm³/mol. The fraction of sp³-hybridized carbons (Fsp3) is 0.444. The van der Waals surface area contributed by atoms with Crippen LogP contribution in [0.5, 0.6) is 0 Å². The van der Waals surface area contributed by atoms with Gasteiger partial charge in [0.15, 0.2) is 11.7 Å². The topological polar surface area (TPSA) is 54.2 Å². The van der Waals surface area contributed by atoms with Gasteiger partial charge in [-0.2, -0.15) is 18.3 Å². The van der Waals surface area contributed by atoms with Crippen LogP contribution in [0, 0.1) is 0 Å². The predicted octanol–water partition coefficient (Wildman–Crippen LogP) is 3.26. The summed E-state index contributed by atoms with van der Waals surface area (Å²) in [6, 6.07) is 8.04. The van der Waals surface area contributed by atoms with Crippen LogP contribution in [-0.4, -0.2) is 22.3 Å². The maximum absolute atomic E-state index is 13.0. The Kier molecular flexibility index (Phi) is 6.65. The summed E-state index contributed by atoms with van der Waals surface area (Å²) >= 11 is 0. The molecule has 1 aromatic heterocycles. The van der Waals surface area contributed by atoms with Gasteiger partial charge in [0.05, 0.1) is 6.54 Å². The van der Waals surface area contributed by atoms with Crippen LogP contribution in [0.15, 0.2) is 35.5 Å². The summed E-state index contributed by atoms with van der Waals surface area (Å²) in [7, 11) is 1.47. The van der Waals surface area contributed by atoms with Crippen molar-refractivity contribution in [3.8, 4) is 0 Å². The zero-order valence-electron chi connectivity index (χ0n) is 15.2. The van der Waals surface area contributed by atoms with Gasteiger partial charge in [-0.25, -0.2) is 4.99 Å². The molecule has 2 aromatic rings. The van der Waals surface area contributed by atoms with Crippen molar-refractivity contribution in [2.75, 3.05) is 6.54 Å². The minimum atomic E-state index is -4.49. The van der Waals surface area contributed by atoms with E-state index in [0.29, 0.717) is 19.0 Å². The van der Waals surface area contributed by atoms with Gasteiger partial charge in [-0.1, -0.05) is 31.2 Å². The highest BCUT2D eigenvalue weighted by Crippen LogP contribution is 2.30. The second-order valence-corrected chi connectivity index (χ2v) is 5.85. The van der Waals surface area contributed by atoms with Crippen molar-refractivity contribution in [3.63, 3.8) is 0 Å². The molecule has 1 aromatic carbocycles. The van der Waals surface area contributed by atoms with Gasteiger partial charge in [-0.15, -0.1) is 0 Å². The lowest BCUT2D eigenvalue weighted by Gasteiger charge is -2.13. The minimum absolute atomic E-state index is 0.0474. The molecule has 26 heavy (non-hydrogen) atoms. The normalized spacial score (nSPS) is 12.3. The molecule has 0 fully saturated rings. The molecule has 0 spiro atoms. The lowest BCUT2D eigenvalue weighted by atomic mass is 10.1. The number of aromatic nitrogens is 2. The van der Waals surface area contributed by atoms with Crippen LogP contribution in [0.2, 0.25) is 0 Å². The van der Waals surface area contributed by atoms with Crippen molar-refractivity contribution in [2.24, 2.45) is 12.0 Å². The molecule has 0 amide bonds. The van der Waals surface area contributed by atoms with Crippen molar-refractivity contribution in [1.29, 1.82) is 0 Å². The average Bonchev–Trinajstić information content (AvgIpc) is 2.99. The second kappa shape index (κ2) is 8.73. The van der Waals surface area contributed by atoms with Gasteiger partial charge in [0.25, 0.3) is 0 Å². The van der Waals surface area contributed by atoms with Crippen molar-refractivity contribution in [2.45, 2.75) is 39.5 Å². The van der Waals surface area contributed by atoms with Crippen LogP contribution in [0.3, 0.4) is 0 Å². The van der Waals surface area contributed by atoms with Crippen LogP contribution in [0.25, 0.3) is 0 Å². The van der Waals surface area contributed by atoms with E-state index in [1.165, 1.54) is 18.8 Å². The first-order valence-corrected chi connectivity index (χ1v) is 8.53. The first-order valence-electron chi connectivity index (χ1n) is 8.53. The third kappa shape index (κ3) is 5.24. The highest BCUT2D eigenvalue weighted by atomic mass is 19.4. The molecule has 0 unspecified atom stereocenters. The van der Waals surface area contributed by atoms with Gasteiger partial charge < -0.3 is 10.6 Å². The van der Waals surface area contributed by atoms with E-state index in [9.17, 15) is 13.2 Å². The van der Waals surface area contributed by atoms with Crippen molar-refractivity contribution < 1.29 is 13.2 Å². The van der Waals surface area contributed by atoms with E-state index in [2.05, 4.69) is 33.7 Å². The van der Waals surface area contributed by atoms with Crippen LogP contribution in [0.1, 0.15) is 36.2 Å². The third-order valence-corrected chi connectivity index (χ3v) is 3.87. The Morgan fingerprint density at radius 2 is 1.81 bits per heavy atom. The molecule has 2 N–H and O–H groups in total. The van der Waals surface area contributed by atoms with Gasteiger partial charge in [0.2, 0.25) is 0 Å². The van der Waals surface area contributed by atoms with E-state index >= 15 is 0 Å². The molecule has 0 aliphatic heterocycles. The summed E-state index contributed by atoms with van der Waals surface area (Å²) in [4.78, 5) is 4.28. The molecule has 8 heteroatoms. The molecule has 142 valence electrons. The smallest absolute Gasteiger partial charge is 0.357 e. The van der Waals surface area contributed by atoms with Crippen molar-refractivity contribution in [3.05, 3.63) is 52.8 Å². The fourth-order valence-electron chi connectivity index (χ4n) is 2.65. The molecule has 1 heterocycles. The minimum Gasteiger partial charge on any atom is -0.357 e. The number of aryl methyl sites for hydroxylation is 2. The van der Waals surface area contributed by atoms with Gasteiger partial charge in [0, 0.05) is 31.9 Å². The first-order chi connectivity index (χ1) is 12.3. The maximum atomic E-state index is 13.0. The Labute approximate surface area is 151 Å². The van der Waals surface area contributed by atoms with E-state index in [0.717, 1.165) is 16.7 Å². The number of nitrogens with one attached hydrogen (secondary N) is 2. The molecule has 0 aliphatic rings. The number of aliphatic imine (C=N–C) groups is 1. The zero-order chi connectivity index (χ0) is 19.2. The summed E-state index contributed by atoms with van der Waals surface area (Å²) < 4.78 is 40.3. The average molecular weight is 367 g/mol. The highest BCUT2D eigenvalue weighted by molar-refractivity contribution is 5.79. The zero-order valence-corrected chi connectivity index (χ0v) is 15.2. The van der Waals surface area contributed by atoms with Gasteiger partial charge in [-0.05, 0) is 24.5 Å². The molecule has 0 radical (unpaired) electrons. The number of hydrogen-bond donors (Lipinski definition) is 2. The van der Waals surface area contributed by atoms with Crippen LogP contribution in [0.4, 0.5) is 13.2 Å². The number of benzene rings is 1. The quantitative estimate of drug-likeness (QED) is 0.609. The Balaban J connectivity index is 2.12. The molecule has 0 aliphatic carbocycles. The van der Waals surface area contributed by atoms with Crippen LogP contribution >= 0.6 is 0 Å². The monoisotopic (exact) mass is 367 g/mol. The largest absolute Gasteiger partial charge is 0.435 e. The molecule has 0 saturated heterocycles. The molecule has 0 atom stereocenters. The van der Waals surface area contributed by atoms with Gasteiger partial charge >= 0.3 is 6.18 Å². The van der Waals surface area contributed by atoms with E-state index < -0.39 is 11.9 Å². The number of halogens is 3. The molecule has 2 rings (SSSR count). The van der Waals surface area contributed by atoms with Crippen LogP contribution < -0.4 is 10.6 Å². The summed E-state index contributed by atoms with van der Waals surface area (Å²) in [5.41, 5.74) is 1.52. The van der Waals surface area contributed by atoms with Gasteiger partial charge in [-0.3, -0.25) is 4.68 Å². The lowest BCUT2D eigenvalue weighted by molar-refractivity contribution is -0.142. The summed E-state index contributed by atoms with van der Waals surface area (Å²) in [6.45, 7) is 5.05. The maximum Gasteiger partial charge on any atom is 0.435 e. The number of hydrogen-bond acceptors (Lipinski definition) is 2. The Morgan fingerprint density at radius 3 is 2.42 bits per heavy atom. The van der Waals surface area contributed by atoms with Crippen LogP contribution in [-0.2, 0) is 32.7 Å². The standard InChI is InChI=1S/C18H24F3N5/c1-4-13-8-6-7-9-14(13)10-23-17(22-5-2)24-11-15-12-26(3)25-16(15)18(19,20)21/h6-9,12H,4-5,10-11H2,1-3H3,(H2,22,23,24). The molecule has 0 bridgehead atoms.